The summed E-state index contributed by atoms with van der Waals surface area (Å²) in [7, 11) is -2.70. The van der Waals surface area contributed by atoms with Gasteiger partial charge in [-0.3, -0.25) is 0 Å². The van der Waals surface area contributed by atoms with Gasteiger partial charge >= 0.3 is 8.80 Å². The molecule has 0 aliphatic rings. The fourth-order valence-electron chi connectivity index (χ4n) is 2.49. The van der Waals surface area contributed by atoms with Gasteiger partial charge in [-0.05, 0) is 37.7 Å². The van der Waals surface area contributed by atoms with E-state index in [2.05, 4.69) is 44.7 Å². The Morgan fingerprint density at radius 2 is 1.40 bits per heavy atom. The summed E-state index contributed by atoms with van der Waals surface area (Å²) in [6.07, 6.45) is 9.43. The summed E-state index contributed by atoms with van der Waals surface area (Å²) >= 11 is 0. The van der Waals surface area contributed by atoms with Crippen molar-refractivity contribution in [2.75, 3.05) is 19.8 Å². The summed E-state index contributed by atoms with van der Waals surface area (Å²) in [5.41, 5.74) is 1.23. The highest BCUT2D eigenvalue weighted by Gasteiger charge is 2.41. The molecular weight excluding hydrogens is 328 g/mol. The predicted molar refractivity (Wildman–Crippen MR) is 108 cm³/mol. The molecule has 0 saturated heterocycles. The first-order valence-corrected chi connectivity index (χ1v) is 11.8. The third-order valence-corrected chi connectivity index (χ3v) is 6.80. The van der Waals surface area contributed by atoms with E-state index >= 15 is 0 Å². The van der Waals surface area contributed by atoms with E-state index < -0.39 is 8.80 Å². The van der Waals surface area contributed by atoms with E-state index in [1.54, 1.807) is 0 Å². The standard InChI is InChI=1S/C21H36O3Si/c1-4-7-10-14-19-24-25(22-17-8-5-2,23-18-9-6-3)20-21-15-12-11-13-16-21/h4,11-13,15-16H,1,5-10,14,17-20H2,2-3H3. The van der Waals surface area contributed by atoms with Gasteiger partial charge in [0.25, 0.3) is 0 Å². The van der Waals surface area contributed by atoms with Gasteiger partial charge in [0.1, 0.15) is 0 Å². The molecular formula is C21H36O3Si. The molecule has 0 radical (unpaired) electrons. The fourth-order valence-corrected chi connectivity index (χ4v) is 5.14. The second-order valence-corrected chi connectivity index (χ2v) is 8.97. The van der Waals surface area contributed by atoms with Crippen LogP contribution < -0.4 is 0 Å². The molecule has 1 rings (SSSR count). The molecule has 3 nitrogen and oxygen atoms in total. The van der Waals surface area contributed by atoms with Crippen molar-refractivity contribution in [1.82, 2.24) is 0 Å². The van der Waals surface area contributed by atoms with E-state index in [1.165, 1.54) is 5.56 Å². The van der Waals surface area contributed by atoms with Crippen LogP contribution in [0, 0.1) is 0 Å². The molecule has 0 heterocycles. The van der Waals surface area contributed by atoms with Crippen molar-refractivity contribution in [1.29, 1.82) is 0 Å². The molecule has 0 spiro atoms. The Morgan fingerprint density at radius 1 is 0.840 bits per heavy atom. The van der Waals surface area contributed by atoms with Crippen LogP contribution in [0.25, 0.3) is 0 Å². The van der Waals surface area contributed by atoms with Crippen LogP contribution in [0.15, 0.2) is 43.0 Å². The van der Waals surface area contributed by atoms with Crippen molar-refractivity contribution < 1.29 is 13.3 Å². The highest BCUT2D eigenvalue weighted by Crippen LogP contribution is 2.19. The van der Waals surface area contributed by atoms with Gasteiger partial charge in [-0.15, -0.1) is 6.58 Å². The summed E-state index contributed by atoms with van der Waals surface area (Å²) in [5, 5.41) is 0. The molecule has 0 saturated carbocycles. The first-order valence-electron chi connectivity index (χ1n) is 9.83. The molecule has 4 heteroatoms. The van der Waals surface area contributed by atoms with Crippen LogP contribution in [0.5, 0.6) is 0 Å². The van der Waals surface area contributed by atoms with Gasteiger partial charge in [-0.25, -0.2) is 0 Å². The molecule has 25 heavy (non-hydrogen) atoms. The smallest absolute Gasteiger partial charge is 0.373 e. The van der Waals surface area contributed by atoms with Gasteiger partial charge in [-0.1, -0.05) is 63.1 Å². The molecule has 0 aliphatic heterocycles. The van der Waals surface area contributed by atoms with Gasteiger partial charge in [0.2, 0.25) is 0 Å². The van der Waals surface area contributed by atoms with E-state index in [0.29, 0.717) is 19.8 Å². The lowest BCUT2D eigenvalue weighted by molar-refractivity contribution is 0.0552. The van der Waals surface area contributed by atoms with Gasteiger partial charge < -0.3 is 13.3 Å². The zero-order valence-electron chi connectivity index (χ0n) is 16.2. The molecule has 0 aliphatic carbocycles. The number of hydrogen-bond acceptors (Lipinski definition) is 3. The SMILES string of the molecule is C=CCCCCO[Si](Cc1ccccc1)(OCCCC)OCCCC. The maximum atomic E-state index is 6.33. The molecule has 0 N–H and O–H groups in total. The zero-order valence-corrected chi connectivity index (χ0v) is 17.2. The lowest BCUT2D eigenvalue weighted by Crippen LogP contribution is -2.49. The number of allylic oxidation sites excluding steroid dienone is 1. The number of hydrogen-bond donors (Lipinski definition) is 0. The van der Waals surface area contributed by atoms with Crippen LogP contribution in [0.4, 0.5) is 0 Å². The maximum Gasteiger partial charge on any atom is 0.505 e. The van der Waals surface area contributed by atoms with Crippen molar-refractivity contribution in [3.8, 4) is 0 Å². The monoisotopic (exact) mass is 364 g/mol. The van der Waals surface area contributed by atoms with Crippen molar-refractivity contribution in [3.63, 3.8) is 0 Å². The minimum absolute atomic E-state index is 0.700. The van der Waals surface area contributed by atoms with E-state index in [4.69, 9.17) is 13.3 Å². The maximum absolute atomic E-state index is 6.33. The second kappa shape index (κ2) is 14.2. The minimum atomic E-state index is -2.70. The Bertz CT molecular complexity index is 426. The van der Waals surface area contributed by atoms with Crippen molar-refractivity contribution in [2.24, 2.45) is 0 Å². The third kappa shape index (κ3) is 9.95. The Labute approximate surface area is 155 Å². The fraction of sp³-hybridized carbons (Fsp3) is 0.619. The summed E-state index contributed by atoms with van der Waals surface area (Å²) in [4.78, 5) is 0. The Morgan fingerprint density at radius 3 is 1.92 bits per heavy atom. The van der Waals surface area contributed by atoms with E-state index in [1.807, 2.05) is 12.1 Å². The molecule has 0 amide bonds. The summed E-state index contributed by atoms with van der Waals surface area (Å²) < 4.78 is 18.9. The molecule has 0 bridgehead atoms. The Balaban J connectivity index is 2.76. The summed E-state index contributed by atoms with van der Waals surface area (Å²) in [6, 6.07) is 11.2. The third-order valence-electron chi connectivity index (χ3n) is 4.03. The molecule has 0 fully saturated rings. The van der Waals surface area contributed by atoms with Gasteiger partial charge in [0, 0.05) is 25.9 Å². The van der Waals surface area contributed by atoms with E-state index in [-0.39, 0.29) is 0 Å². The number of rotatable bonds is 16. The highest BCUT2D eigenvalue weighted by molar-refractivity contribution is 6.60. The molecule has 0 unspecified atom stereocenters. The summed E-state index contributed by atoms with van der Waals surface area (Å²) in [6.45, 7) is 10.3. The van der Waals surface area contributed by atoms with Crippen LogP contribution in [-0.4, -0.2) is 28.6 Å². The van der Waals surface area contributed by atoms with Crippen LogP contribution >= 0.6 is 0 Å². The molecule has 1 aromatic carbocycles. The average molecular weight is 365 g/mol. The minimum Gasteiger partial charge on any atom is -0.373 e. The topological polar surface area (TPSA) is 27.7 Å². The molecule has 0 aromatic heterocycles. The predicted octanol–water partition coefficient (Wildman–Crippen LogP) is 5.71. The second-order valence-electron chi connectivity index (χ2n) is 6.38. The quantitative estimate of drug-likeness (QED) is 0.213. The van der Waals surface area contributed by atoms with Gasteiger partial charge in [0.15, 0.2) is 0 Å². The van der Waals surface area contributed by atoms with Gasteiger partial charge in [-0.2, -0.15) is 0 Å². The first-order chi connectivity index (χ1) is 12.3. The molecule has 0 atom stereocenters. The normalized spacial score (nSPS) is 11.6. The lowest BCUT2D eigenvalue weighted by atomic mass is 10.2. The Hall–Kier alpha value is -0.943. The van der Waals surface area contributed by atoms with Crippen molar-refractivity contribution >= 4 is 8.80 Å². The Kier molecular flexibility index (Phi) is 12.6. The van der Waals surface area contributed by atoms with Crippen LogP contribution in [0.3, 0.4) is 0 Å². The average Bonchev–Trinajstić information content (AvgIpc) is 2.63. The highest BCUT2D eigenvalue weighted by atomic mass is 28.4. The van der Waals surface area contributed by atoms with Crippen LogP contribution in [0.1, 0.15) is 64.4 Å². The van der Waals surface area contributed by atoms with Gasteiger partial charge in [0.05, 0.1) is 0 Å². The summed E-state index contributed by atoms with van der Waals surface area (Å²) in [5.74, 6) is 0. The lowest BCUT2D eigenvalue weighted by Gasteiger charge is -2.30. The number of benzene rings is 1. The van der Waals surface area contributed by atoms with Crippen molar-refractivity contribution in [2.45, 2.75) is 64.8 Å². The van der Waals surface area contributed by atoms with Crippen LogP contribution in [0.2, 0.25) is 0 Å². The first kappa shape index (κ1) is 22.1. The number of unbranched alkanes of at least 4 members (excludes halogenated alkanes) is 4. The largest absolute Gasteiger partial charge is 0.505 e. The molecule has 142 valence electrons. The van der Waals surface area contributed by atoms with E-state index in [0.717, 1.165) is 51.0 Å². The van der Waals surface area contributed by atoms with Crippen molar-refractivity contribution in [3.05, 3.63) is 48.6 Å². The molecule has 1 aromatic rings. The van der Waals surface area contributed by atoms with E-state index in [9.17, 15) is 0 Å². The zero-order chi connectivity index (χ0) is 18.2. The van der Waals surface area contributed by atoms with Crippen LogP contribution in [-0.2, 0) is 19.3 Å².